The Labute approximate surface area is 158 Å². The van der Waals surface area contributed by atoms with E-state index in [-0.39, 0.29) is 16.9 Å². The highest BCUT2D eigenvalue weighted by atomic mass is 35.5. The fourth-order valence-corrected chi connectivity index (χ4v) is 3.43. The second kappa shape index (κ2) is 6.07. The average molecular weight is 382 g/mol. The molecule has 27 heavy (non-hydrogen) atoms. The number of halogens is 1. The van der Waals surface area contributed by atoms with Gasteiger partial charge in [0.2, 0.25) is 0 Å². The molecule has 0 unspecified atom stereocenters. The Morgan fingerprint density at radius 3 is 2.44 bits per heavy atom. The molecule has 1 N–H and O–H groups in total. The van der Waals surface area contributed by atoms with E-state index < -0.39 is 16.7 Å². The Morgan fingerprint density at radius 2 is 1.74 bits per heavy atom. The van der Waals surface area contributed by atoms with E-state index in [0.29, 0.717) is 27.0 Å². The van der Waals surface area contributed by atoms with Crippen LogP contribution in [-0.4, -0.2) is 28.7 Å². The van der Waals surface area contributed by atoms with Crippen LogP contribution in [0.15, 0.2) is 48.5 Å². The summed E-state index contributed by atoms with van der Waals surface area (Å²) in [7, 11) is 1.36. The van der Waals surface area contributed by atoms with Gasteiger partial charge in [-0.15, -0.1) is 0 Å². The number of nitro groups is 1. The molecule has 7 nitrogen and oxygen atoms in total. The molecule has 0 aliphatic carbocycles. The fraction of sp³-hybridized carbons (Fsp3) is 0.0526. The predicted molar refractivity (Wildman–Crippen MR) is 102 cm³/mol. The van der Waals surface area contributed by atoms with Crippen molar-refractivity contribution >= 4 is 51.2 Å². The summed E-state index contributed by atoms with van der Waals surface area (Å²) in [6.07, 6.45) is 0. The Kier molecular flexibility index (Phi) is 3.82. The number of para-hydroxylation sites is 1. The summed E-state index contributed by atoms with van der Waals surface area (Å²) in [6, 6.07) is 12.9. The van der Waals surface area contributed by atoms with E-state index in [9.17, 15) is 19.7 Å². The van der Waals surface area contributed by atoms with E-state index in [4.69, 9.17) is 11.6 Å². The molecule has 0 saturated carbocycles. The standard InChI is InChI=1S/C19H12ClN3O4/c1-22-18(24)11-6-4-5-10-16(11)12(19(22)25)9-15(23(26)27)17(10)21-14-8-3-2-7-13(14)20/h2-9,21H,1H3. The van der Waals surface area contributed by atoms with Gasteiger partial charge in [-0.25, -0.2) is 0 Å². The molecule has 3 aromatic rings. The third-order valence-electron chi connectivity index (χ3n) is 4.54. The van der Waals surface area contributed by atoms with Crippen LogP contribution in [0.1, 0.15) is 20.7 Å². The van der Waals surface area contributed by atoms with Crippen LogP contribution in [0, 0.1) is 10.1 Å². The number of nitrogens with zero attached hydrogens (tertiary/aromatic N) is 2. The first kappa shape index (κ1) is 17.0. The first-order chi connectivity index (χ1) is 12.9. The Bertz CT molecular complexity index is 1160. The molecule has 3 aromatic carbocycles. The molecular formula is C19H12ClN3O4. The maximum Gasteiger partial charge on any atom is 0.294 e. The number of rotatable bonds is 3. The molecule has 4 rings (SSSR count). The number of benzene rings is 3. The lowest BCUT2D eigenvalue weighted by atomic mass is 9.92. The summed E-state index contributed by atoms with van der Waals surface area (Å²) in [5, 5.41) is 15.9. The summed E-state index contributed by atoms with van der Waals surface area (Å²) in [5.41, 5.74) is 0.832. The molecule has 0 bridgehead atoms. The van der Waals surface area contributed by atoms with Crippen molar-refractivity contribution in [2.24, 2.45) is 0 Å². The number of hydrogen-bond donors (Lipinski definition) is 1. The van der Waals surface area contributed by atoms with Crippen molar-refractivity contribution in [2.75, 3.05) is 12.4 Å². The minimum atomic E-state index is -0.573. The van der Waals surface area contributed by atoms with E-state index in [1.807, 2.05) is 0 Å². The molecule has 1 aliphatic rings. The fourth-order valence-electron chi connectivity index (χ4n) is 3.24. The van der Waals surface area contributed by atoms with Crippen LogP contribution in [0.5, 0.6) is 0 Å². The van der Waals surface area contributed by atoms with Crippen molar-refractivity contribution in [3.05, 3.63) is 74.8 Å². The third kappa shape index (κ3) is 2.51. The van der Waals surface area contributed by atoms with E-state index in [2.05, 4.69) is 5.32 Å². The molecule has 0 aromatic heterocycles. The van der Waals surface area contributed by atoms with Gasteiger partial charge < -0.3 is 5.32 Å². The monoisotopic (exact) mass is 381 g/mol. The smallest absolute Gasteiger partial charge is 0.294 e. The molecule has 134 valence electrons. The van der Waals surface area contributed by atoms with Gasteiger partial charge in [-0.05, 0) is 18.2 Å². The summed E-state index contributed by atoms with van der Waals surface area (Å²) in [4.78, 5) is 37.1. The van der Waals surface area contributed by atoms with Crippen LogP contribution in [0.25, 0.3) is 10.8 Å². The van der Waals surface area contributed by atoms with Gasteiger partial charge in [-0.2, -0.15) is 0 Å². The van der Waals surface area contributed by atoms with Crippen LogP contribution in [-0.2, 0) is 0 Å². The molecule has 8 heteroatoms. The van der Waals surface area contributed by atoms with Crippen molar-refractivity contribution in [3.63, 3.8) is 0 Å². The molecule has 0 spiro atoms. The quantitative estimate of drug-likeness (QED) is 0.413. The van der Waals surface area contributed by atoms with E-state index in [1.165, 1.54) is 13.1 Å². The summed E-state index contributed by atoms with van der Waals surface area (Å²) < 4.78 is 0. The number of hydrogen-bond acceptors (Lipinski definition) is 5. The SMILES string of the molecule is CN1C(=O)c2cccc3c(Nc4ccccc4Cl)c([N+](=O)[O-])cc(c23)C1=O. The van der Waals surface area contributed by atoms with Crippen molar-refractivity contribution < 1.29 is 14.5 Å². The number of imide groups is 1. The van der Waals surface area contributed by atoms with Crippen LogP contribution < -0.4 is 5.32 Å². The Hall–Kier alpha value is -3.45. The lowest BCUT2D eigenvalue weighted by Crippen LogP contribution is -2.37. The Balaban J connectivity index is 2.07. The van der Waals surface area contributed by atoms with Gasteiger partial charge in [0.15, 0.2) is 0 Å². The summed E-state index contributed by atoms with van der Waals surface area (Å²) in [6.45, 7) is 0. The second-order valence-corrected chi connectivity index (χ2v) is 6.48. The van der Waals surface area contributed by atoms with Gasteiger partial charge in [0.05, 0.1) is 21.2 Å². The van der Waals surface area contributed by atoms with E-state index >= 15 is 0 Å². The molecule has 2 amide bonds. The molecule has 1 aliphatic heterocycles. The molecule has 1 heterocycles. The van der Waals surface area contributed by atoms with Gasteiger partial charge in [-0.1, -0.05) is 35.9 Å². The largest absolute Gasteiger partial charge is 0.348 e. The average Bonchev–Trinajstić information content (AvgIpc) is 2.66. The van der Waals surface area contributed by atoms with Crippen LogP contribution in [0.4, 0.5) is 17.1 Å². The number of carbonyl (C=O) groups is 2. The highest BCUT2D eigenvalue weighted by Gasteiger charge is 2.34. The van der Waals surface area contributed by atoms with Crippen molar-refractivity contribution in [3.8, 4) is 0 Å². The normalized spacial score (nSPS) is 13.2. The van der Waals surface area contributed by atoms with Gasteiger partial charge >= 0.3 is 0 Å². The number of nitro benzene ring substituents is 1. The minimum absolute atomic E-state index is 0.124. The predicted octanol–water partition coefficient (Wildman–Crippen LogP) is 4.37. The van der Waals surface area contributed by atoms with Crippen molar-refractivity contribution in [1.29, 1.82) is 0 Å². The second-order valence-electron chi connectivity index (χ2n) is 6.08. The zero-order chi connectivity index (χ0) is 19.3. The van der Waals surface area contributed by atoms with Gasteiger partial charge in [-0.3, -0.25) is 24.6 Å². The van der Waals surface area contributed by atoms with Crippen LogP contribution in [0.2, 0.25) is 5.02 Å². The minimum Gasteiger partial charge on any atom is -0.348 e. The van der Waals surface area contributed by atoms with Crippen LogP contribution in [0.3, 0.4) is 0 Å². The van der Waals surface area contributed by atoms with Crippen LogP contribution >= 0.6 is 11.6 Å². The molecule has 0 saturated heterocycles. The highest BCUT2D eigenvalue weighted by Crippen LogP contribution is 2.42. The molecular weight excluding hydrogens is 370 g/mol. The van der Waals surface area contributed by atoms with Gasteiger partial charge in [0, 0.05) is 29.4 Å². The molecule has 0 radical (unpaired) electrons. The number of amides is 2. The number of nitrogens with one attached hydrogen (secondary N) is 1. The maximum atomic E-state index is 12.6. The van der Waals surface area contributed by atoms with E-state index in [0.717, 1.165) is 4.90 Å². The maximum absolute atomic E-state index is 12.6. The highest BCUT2D eigenvalue weighted by molar-refractivity contribution is 6.33. The van der Waals surface area contributed by atoms with E-state index in [1.54, 1.807) is 42.5 Å². The molecule has 0 fully saturated rings. The number of carbonyl (C=O) groups excluding carboxylic acids is 2. The van der Waals surface area contributed by atoms with Gasteiger partial charge in [0.25, 0.3) is 17.5 Å². The third-order valence-corrected chi connectivity index (χ3v) is 4.87. The van der Waals surface area contributed by atoms with Crippen molar-refractivity contribution in [1.82, 2.24) is 4.90 Å². The zero-order valence-electron chi connectivity index (χ0n) is 14.0. The Morgan fingerprint density at radius 1 is 1.04 bits per heavy atom. The number of anilines is 2. The molecule has 0 atom stereocenters. The first-order valence-corrected chi connectivity index (χ1v) is 8.36. The first-order valence-electron chi connectivity index (χ1n) is 7.98. The lowest BCUT2D eigenvalue weighted by Gasteiger charge is -2.24. The topological polar surface area (TPSA) is 92.6 Å². The summed E-state index contributed by atoms with van der Waals surface area (Å²) >= 11 is 6.18. The zero-order valence-corrected chi connectivity index (χ0v) is 14.8. The van der Waals surface area contributed by atoms with Crippen molar-refractivity contribution in [2.45, 2.75) is 0 Å². The van der Waals surface area contributed by atoms with Gasteiger partial charge in [0.1, 0.15) is 5.69 Å². The summed E-state index contributed by atoms with van der Waals surface area (Å²) in [5.74, 6) is -1.02. The lowest BCUT2D eigenvalue weighted by molar-refractivity contribution is -0.383.